The maximum Gasteiger partial charge on any atom is 0.127 e. The molecule has 2 rings (SSSR count). The van der Waals surface area contributed by atoms with Gasteiger partial charge in [-0.1, -0.05) is 6.07 Å². The van der Waals surface area contributed by atoms with E-state index in [0.29, 0.717) is 5.03 Å². The van der Waals surface area contributed by atoms with Crippen LogP contribution in [0.15, 0.2) is 23.4 Å². The highest BCUT2D eigenvalue weighted by molar-refractivity contribution is 7.85. The minimum absolute atomic E-state index is 0.241. The monoisotopic (exact) mass is 210 g/mol. The lowest BCUT2D eigenvalue weighted by molar-refractivity contribution is 0.669. The topological polar surface area (TPSA) is 42.0 Å². The van der Waals surface area contributed by atoms with Crippen molar-refractivity contribution in [1.29, 1.82) is 0 Å². The third-order valence-electron chi connectivity index (χ3n) is 2.41. The molecule has 1 N–H and O–H groups in total. The van der Waals surface area contributed by atoms with Crippen LogP contribution >= 0.6 is 0 Å². The van der Waals surface area contributed by atoms with Crippen molar-refractivity contribution in [1.82, 2.24) is 10.3 Å². The van der Waals surface area contributed by atoms with E-state index in [0.717, 1.165) is 25.1 Å². The molecular weight excluding hydrogens is 196 g/mol. The quantitative estimate of drug-likeness (QED) is 0.787. The van der Waals surface area contributed by atoms with Crippen LogP contribution in [0.5, 0.6) is 0 Å². The number of hydrogen-bond acceptors (Lipinski definition) is 3. The van der Waals surface area contributed by atoms with Crippen LogP contribution in [0.25, 0.3) is 0 Å². The predicted octanol–water partition coefficient (Wildman–Crippen LogP) is 0.860. The highest BCUT2D eigenvalue weighted by Gasteiger charge is 2.22. The van der Waals surface area contributed by atoms with Crippen LogP contribution in [-0.2, 0) is 10.8 Å². The molecule has 1 aromatic heterocycles. The summed E-state index contributed by atoms with van der Waals surface area (Å²) in [4.78, 5) is 4.19. The smallest absolute Gasteiger partial charge is 0.127 e. The molecule has 0 radical (unpaired) electrons. The zero-order chi connectivity index (χ0) is 9.97. The second-order valence-corrected chi connectivity index (χ2v) is 5.27. The SMILES string of the molecule is Cc1ccc([S@@](=O)[C@H]2CCNC2)nc1. The van der Waals surface area contributed by atoms with E-state index in [4.69, 9.17) is 0 Å². The summed E-state index contributed by atoms with van der Waals surface area (Å²) in [6.07, 6.45) is 2.76. The molecule has 1 fully saturated rings. The molecule has 14 heavy (non-hydrogen) atoms. The number of pyridine rings is 1. The van der Waals surface area contributed by atoms with Gasteiger partial charge in [-0.15, -0.1) is 0 Å². The Kier molecular flexibility index (Phi) is 2.93. The van der Waals surface area contributed by atoms with E-state index in [9.17, 15) is 4.21 Å². The fourth-order valence-corrected chi connectivity index (χ4v) is 2.86. The zero-order valence-corrected chi connectivity index (χ0v) is 9.01. The van der Waals surface area contributed by atoms with Gasteiger partial charge in [0.1, 0.15) is 5.03 Å². The third kappa shape index (κ3) is 2.01. The van der Waals surface area contributed by atoms with E-state index in [1.54, 1.807) is 6.20 Å². The van der Waals surface area contributed by atoms with Gasteiger partial charge in [-0.3, -0.25) is 4.21 Å². The molecule has 0 saturated carbocycles. The van der Waals surface area contributed by atoms with Crippen LogP contribution < -0.4 is 5.32 Å². The summed E-state index contributed by atoms with van der Waals surface area (Å²) < 4.78 is 12.0. The first-order chi connectivity index (χ1) is 6.77. The highest BCUT2D eigenvalue weighted by atomic mass is 32.2. The van der Waals surface area contributed by atoms with Crippen LogP contribution in [0.3, 0.4) is 0 Å². The van der Waals surface area contributed by atoms with Gasteiger partial charge in [0.05, 0.1) is 16.0 Å². The summed E-state index contributed by atoms with van der Waals surface area (Å²) in [5, 5.41) is 4.17. The molecule has 0 amide bonds. The Morgan fingerprint density at radius 3 is 3.00 bits per heavy atom. The average molecular weight is 210 g/mol. The fraction of sp³-hybridized carbons (Fsp3) is 0.500. The molecule has 0 aromatic carbocycles. The van der Waals surface area contributed by atoms with Crippen LogP contribution in [0.4, 0.5) is 0 Å². The molecule has 76 valence electrons. The first kappa shape index (κ1) is 9.80. The number of aromatic nitrogens is 1. The number of hydrogen-bond donors (Lipinski definition) is 1. The van der Waals surface area contributed by atoms with Crippen molar-refractivity contribution in [3.8, 4) is 0 Å². The molecule has 3 nitrogen and oxygen atoms in total. The fourth-order valence-electron chi connectivity index (χ4n) is 1.55. The van der Waals surface area contributed by atoms with Gasteiger partial charge in [0.25, 0.3) is 0 Å². The van der Waals surface area contributed by atoms with Gasteiger partial charge < -0.3 is 5.32 Å². The second kappa shape index (κ2) is 4.19. The molecule has 0 aliphatic carbocycles. The molecule has 2 atom stereocenters. The van der Waals surface area contributed by atoms with Gasteiger partial charge >= 0.3 is 0 Å². The summed E-state index contributed by atoms with van der Waals surface area (Å²) in [5.74, 6) is 0. The first-order valence-electron chi connectivity index (χ1n) is 4.81. The van der Waals surface area contributed by atoms with E-state index in [2.05, 4.69) is 10.3 Å². The van der Waals surface area contributed by atoms with Gasteiger partial charge in [-0.25, -0.2) is 4.98 Å². The predicted molar refractivity (Wildman–Crippen MR) is 56.7 cm³/mol. The maximum absolute atomic E-state index is 12.0. The third-order valence-corrected chi connectivity index (χ3v) is 4.07. The summed E-state index contributed by atoms with van der Waals surface area (Å²) in [5.41, 5.74) is 1.11. The minimum atomic E-state index is -0.941. The number of aryl methyl sites for hydroxylation is 1. The Balaban J connectivity index is 2.14. The molecule has 0 spiro atoms. The molecule has 0 unspecified atom stereocenters. The lowest BCUT2D eigenvalue weighted by Crippen LogP contribution is -2.19. The molecule has 4 heteroatoms. The van der Waals surface area contributed by atoms with Gasteiger partial charge in [0, 0.05) is 12.7 Å². The van der Waals surface area contributed by atoms with Crippen molar-refractivity contribution < 1.29 is 4.21 Å². The summed E-state index contributed by atoms with van der Waals surface area (Å²) in [6, 6.07) is 3.83. The molecule has 1 saturated heterocycles. The molecule has 1 aliphatic heterocycles. The Bertz CT molecular complexity index is 330. The Hall–Kier alpha value is -0.740. The van der Waals surface area contributed by atoms with Crippen LogP contribution in [0.2, 0.25) is 0 Å². The average Bonchev–Trinajstić information content (AvgIpc) is 2.71. The Morgan fingerprint density at radius 1 is 1.57 bits per heavy atom. The molecule has 1 aliphatic rings. The van der Waals surface area contributed by atoms with Crippen LogP contribution in [0.1, 0.15) is 12.0 Å². The lowest BCUT2D eigenvalue weighted by atomic mass is 10.3. The van der Waals surface area contributed by atoms with Gasteiger partial charge in [0.2, 0.25) is 0 Å². The van der Waals surface area contributed by atoms with E-state index >= 15 is 0 Å². The first-order valence-corrected chi connectivity index (χ1v) is 6.02. The number of rotatable bonds is 2. The summed E-state index contributed by atoms with van der Waals surface area (Å²) >= 11 is 0. The van der Waals surface area contributed by atoms with E-state index in [-0.39, 0.29) is 5.25 Å². The molecule has 2 heterocycles. The largest absolute Gasteiger partial charge is 0.315 e. The van der Waals surface area contributed by atoms with Crippen molar-refractivity contribution in [3.05, 3.63) is 23.9 Å². The van der Waals surface area contributed by atoms with E-state index in [1.165, 1.54) is 0 Å². The lowest BCUT2D eigenvalue weighted by Gasteiger charge is -2.07. The van der Waals surface area contributed by atoms with Crippen molar-refractivity contribution in [3.63, 3.8) is 0 Å². The van der Waals surface area contributed by atoms with Crippen molar-refractivity contribution in [2.75, 3.05) is 13.1 Å². The van der Waals surface area contributed by atoms with Crippen molar-refractivity contribution >= 4 is 10.8 Å². The highest BCUT2D eigenvalue weighted by Crippen LogP contribution is 2.14. The Morgan fingerprint density at radius 2 is 2.43 bits per heavy atom. The van der Waals surface area contributed by atoms with E-state index in [1.807, 2.05) is 19.1 Å². The van der Waals surface area contributed by atoms with E-state index < -0.39 is 10.8 Å². The maximum atomic E-state index is 12.0. The number of nitrogens with zero attached hydrogens (tertiary/aromatic N) is 1. The summed E-state index contributed by atoms with van der Waals surface area (Å²) in [7, 11) is -0.941. The standard InChI is InChI=1S/C10H14N2OS/c1-8-2-3-10(12-6-8)14(13)9-4-5-11-7-9/h2-3,6,9,11H,4-5,7H2,1H3/t9-,14-/m0/s1. The molecule has 1 aromatic rings. The van der Waals surface area contributed by atoms with Crippen LogP contribution in [0, 0.1) is 6.92 Å². The normalized spacial score (nSPS) is 23.6. The number of nitrogens with one attached hydrogen (secondary N) is 1. The van der Waals surface area contributed by atoms with Crippen molar-refractivity contribution in [2.24, 2.45) is 0 Å². The second-order valence-electron chi connectivity index (χ2n) is 3.59. The van der Waals surface area contributed by atoms with Gasteiger partial charge in [-0.05, 0) is 31.5 Å². The molecular formula is C10H14N2OS. The summed E-state index contributed by atoms with van der Waals surface area (Å²) in [6.45, 7) is 3.81. The Labute approximate surface area is 86.4 Å². The van der Waals surface area contributed by atoms with Gasteiger partial charge in [-0.2, -0.15) is 0 Å². The van der Waals surface area contributed by atoms with Gasteiger partial charge in [0.15, 0.2) is 0 Å². The molecule has 0 bridgehead atoms. The minimum Gasteiger partial charge on any atom is -0.315 e. The van der Waals surface area contributed by atoms with Crippen molar-refractivity contribution in [2.45, 2.75) is 23.6 Å². The van der Waals surface area contributed by atoms with Crippen LogP contribution in [-0.4, -0.2) is 27.5 Å². The zero-order valence-electron chi connectivity index (χ0n) is 8.19.